The number of carbonyl (C=O) groups excluding carboxylic acids is 1. The number of ether oxygens (including phenoxy) is 2. The molecule has 0 radical (unpaired) electrons. The Balaban J connectivity index is 1.47. The highest BCUT2D eigenvalue weighted by Crippen LogP contribution is 2.30. The fourth-order valence-electron chi connectivity index (χ4n) is 5.85. The number of hydrogen-bond acceptors (Lipinski definition) is 6. The summed E-state index contributed by atoms with van der Waals surface area (Å²) >= 11 is 1.21. The van der Waals surface area contributed by atoms with E-state index in [2.05, 4.69) is 35.7 Å². The number of nitrogens with zero attached hydrogens (tertiary/aromatic N) is 3. The number of likely N-dealkylation sites (N-methyl/N-ethyl adjacent to an activating group) is 1. The van der Waals surface area contributed by atoms with Gasteiger partial charge in [-0.3, -0.25) is 9.28 Å². The molecule has 242 valence electrons. The average Bonchev–Trinajstić information content (AvgIpc) is 3.46. The lowest BCUT2D eigenvalue weighted by Crippen LogP contribution is -2.49. The Morgan fingerprint density at radius 3 is 1.86 bits per heavy atom. The summed E-state index contributed by atoms with van der Waals surface area (Å²) in [5.41, 5.74) is 2.03. The van der Waals surface area contributed by atoms with E-state index < -0.39 is 0 Å². The van der Waals surface area contributed by atoms with Crippen LogP contribution < -0.4 is 4.74 Å². The molecule has 7 heteroatoms. The maximum atomic E-state index is 12.5. The van der Waals surface area contributed by atoms with Crippen molar-refractivity contribution in [2.24, 2.45) is 0 Å². The average molecular weight is 607 g/mol. The van der Waals surface area contributed by atoms with Gasteiger partial charge in [-0.15, -0.1) is 4.37 Å². The van der Waals surface area contributed by atoms with Crippen LogP contribution in [0.4, 0.5) is 0 Å². The van der Waals surface area contributed by atoms with Crippen molar-refractivity contribution in [1.29, 1.82) is 0 Å². The van der Waals surface area contributed by atoms with E-state index in [0.29, 0.717) is 30.1 Å². The van der Waals surface area contributed by atoms with Crippen LogP contribution in [0.5, 0.6) is 5.88 Å². The van der Waals surface area contributed by atoms with Gasteiger partial charge in [0.1, 0.15) is 12.2 Å². The Bertz CT molecular complexity index is 843. The van der Waals surface area contributed by atoms with Crippen LogP contribution in [0.3, 0.4) is 0 Å². The minimum Gasteiger partial charge on any atom is -0.475 e. The van der Waals surface area contributed by atoms with E-state index in [-0.39, 0.29) is 5.97 Å². The van der Waals surface area contributed by atoms with Gasteiger partial charge in [-0.05, 0) is 12.8 Å². The maximum Gasteiger partial charge on any atom is 0.310 e. The summed E-state index contributed by atoms with van der Waals surface area (Å²) in [6, 6.07) is 0. The first-order valence-corrected chi connectivity index (χ1v) is 18.4. The number of unbranched alkanes of at least 4 members (excludes halogenated alkanes) is 19. The molecule has 1 aromatic rings. The molecule has 2 rings (SSSR count). The highest BCUT2D eigenvalue weighted by molar-refractivity contribution is 6.99. The van der Waals surface area contributed by atoms with E-state index in [0.717, 1.165) is 50.0 Å². The van der Waals surface area contributed by atoms with E-state index in [9.17, 15) is 4.79 Å². The van der Waals surface area contributed by atoms with Gasteiger partial charge in [0.25, 0.3) is 5.88 Å². The summed E-state index contributed by atoms with van der Waals surface area (Å²) in [6.07, 6.45) is 31.3. The fraction of sp³-hybridized carbons (Fsp3) is 0.857. The van der Waals surface area contributed by atoms with E-state index in [1.807, 2.05) is 0 Å². The third-order valence-electron chi connectivity index (χ3n) is 8.63. The molecule has 1 aromatic heterocycles. The van der Waals surface area contributed by atoms with E-state index in [1.165, 1.54) is 127 Å². The molecule has 6 nitrogen and oxygen atoms in total. The van der Waals surface area contributed by atoms with Crippen LogP contribution >= 0.6 is 11.7 Å². The third-order valence-corrected chi connectivity index (χ3v) is 9.14. The van der Waals surface area contributed by atoms with Gasteiger partial charge in [0.05, 0.1) is 31.9 Å². The normalized spacial score (nSPS) is 16.9. The van der Waals surface area contributed by atoms with Crippen LogP contribution in [0, 0.1) is 0 Å². The lowest BCUT2D eigenvalue weighted by atomic mass is 10.0. The lowest BCUT2D eigenvalue weighted by Gasteiger charge is -2.36. The first-order chi connectivity index (χ1) is 20.6. The summed E-state index contributed by atoms with van der Waals surface area (Å²) in [7, 11) is 2.17. The SMILES string of the molecule is CCCCCCCCCCCCCCCCCCCC(=O)OC[N+]1(C)CCC=C(c2nsnc2OCCCCCC)C1. The Kier molecular flexibility index (Phi) is 20.9. The molecule has 1 unspecified atom stereocenters. The summed E-state index contributed by atoms with van der Waals surface area (Å²) in [5.74, 6) is 0.602. The molecule has 1 aliphatic rings. The van der Waals surface area contributed by atoms with Crippen LogP contribution in [-0.2, 0) is 9.53 Å². The van der Waals surface area contributed by atoms with E-state index in [1.54, 1.807) is 0 Å². The van der Waals surface area contributed by atoms with Crippen LogP contribution in [0.25, 0.3) is 5.57 Å². The number of carbonyl (C=O) groups is 1. The topological polar surface area (TPSA) is 61.3 Å². The molecule has 0 bridgehead atoms. The Labute approximate surface area is 262 Å². The summed E-state index contributed by atoms with van der Waals surface area (Å²) in [4.78, 5) is 12.5. The largest absolute Gasteiger partial charge is 0.475 e. The zero-order valence-corrected chi connectivity index (χ0v) is 28.5. The first kappa shape index (κ1) is 36.7. The first-order valence-electron chi connectivity index (χ1n) is 17.7. The molecule has 0 aromatic carbocycles. The zero-order chi connectivity index (χ0) is 30.1. The molecule has 0 saturated heterocycles. The minimum absolute atomic E-state index is 0.0576. The molecule has 2 heterocycles. The second-order valence-electron chi connectivity index (χ2n) is 12.9. The number of rotatable bonds is 27. The van der Waals surface area contributed by atoms with Crippen LogP contribution in [-0.4, -0.2) is 52.7 Å². The molecule has 0 amide bonds. The van der Waals surface area contributed by atoms with Crippen molar-refractivity contribution < 1.29 is 18.8 Å². The van der Waals surface area contributed by atoms with E-state index in [4.69, 9.17) is 9.47 Å². The van der Waals surface area contributed by atoms with Crippen molar-refractivity contribution in [2.45, 2.75) is 162 Å². The van der Waals surface area contributed by atoms with Crippen LogP contribution in [0.2, 0.25) is 0 Å². The van der Waals surface area contributed by atoms with Crippen LogP contribution in [0.15, 0.2) is 6.08 Å². The summed E-state index contributed by atoms with van der Waals surface area (Å²) in [5, 5.41) is 0. The monoisotopic (exact) mass is 606 g/mol. The smallest absolute Gasteiger partial charge is 0.310 e. The molecular formula is C35H64N3O3S+. The summed E-state index contributed by atoms with van der Waals surface area (Å²) < 4.78 is 21.4. The van der Waals surface area contributed by atoms with Gasteiger partial charge in [-0.2, -0.15) is 4.37 Å². The Hall–Kier alpha value is -1.47. The third kappa shape index (κ3) is 17.0. The predicted octanol–water partition coefficient (Wildman–Crippen LogP) is 10.3. The van der Waals surface area contributed by atoms with Crippen molar-refractivity contribution in [3.05, 3.63) is 11.8 Å². The van der Waals surface area contributed by atoms with Gasteiger partial charge in [0.15, 0.2) is 0 Å². The minimum atomic E-state index is -0.0576. The van der Waals surface area contributed by atoms with Crippen LogP contribution in [0.1, 0.15) is 167 Å². The molecular weight excluding hydrogens is 542 g/mol. The molecule has 0 spiro atoms. The highest BCUT2D eigenvalue weighted by Gasteiger charge is 2.31. The van der Waals surface area contributed by atoms with Gasteiger partial charge in [0.2, 0.25) is 6.73 Å². The Morgan fingerprint density at radius 2 is 1.29 bits per heavy atom. The number of quaternary nitrogens is 1. The molecule has 0 fully saturated rings. The molecule has 0 saturated carbocycles. The van der Waals surface area contributed by atoms with Crippen molar-refractivity contribution in [3.63, 3.8) is 0 Å². The number of hydrogen-bond donors (Lipinski definition) is 0. The zero-order valence-electron chi connectivity index (χ0n) is 27.6. The van der Waals surface area contributed by atoms with Crippen molar-refractivity contribution >= 4 is 23.3 Å². The second kappa shape index (κ2) is 23.9. The summed E-state index contributed by atoms with van der Waals surface area (Å²) in [6.45, 7) is 7.35. The van der Waals surface area contributed by atoms with Gasteiger partial charge < -0.3 is 9.47 Å². The van der Waals surface area contributed by atoms with E-state index >= 15 is 0 Å². The van der Waals surface area contributed by atoms with Crippen molar-refractivity contribution in [3.8, 4) is 5.88 Å². The van der Waals surface area contributed by atoms with Gasteiger partial charge >= 0.3 is 5.97 Å². The van der Waals surface area contributed by atoms with Crippen molar-refractivity contribution in [2.75, 3.05) is 33.5 Å². The number of aromatic nitrogens is 2. The highest BCUT2D eigenvalue weighted by atomic mass is 32.1. The van der Waals surface area contributed by atoms with Gasteiger partial charge in [0, 0.05) is 18.4 Å². The van der Waals surface area contributed by atoms with Gasteiger partial charge in [-0.1, -0.05) is 142 Å². The molecule has 0 aliphatic carbocycles. The quantitative estimate of drug-likeness (QED) is 0.0566. The Morgan fingerprint density at radius 1 is 0.762 bits per heavy atom. The predicted molar refractivity (Wildman–Crippen MR) is 178 cm³/mol. The molecule has 1 aliphatic heterocycles. The number of esters is 1. The molecule has 1 atom stereocenters. The maximum absolute atomic E-state index is 12.5. The standard InChI is InChI=1S/C35H64N3O3S/c1-4-6-8-10-11-12-13-14-15-16-17-18-19-20-21-22-23-27-33(39)41-31-38(3)28-25-26-32(30-38)34-35(37-42-36-34)40-29-24-9-7-5-2/h26H,4-25,27-31H2,1-3H3/q+1. The molecule has 0 N–H and O–H groups in total. The second-order valence-corrected chi connectivity index (χ2v) is 13.4. The fourth-order valence-corrected chi connectivity index (χ4v) is 6.38. The molecule has 42 heavy (non-hydrogen) atoms. The lowest BCUT2D eigenvalue weighted by molar-refractivity contribution is -0.919. The van der Waals surface area contributed by atoms with Gasteiger partial charge in [-0.25, -0.2) is 0 Å². The van der Waals surface area contributed by atoms with Crippen molar-refractivity contribution in [1.82, 2.24) is 8.75 Å².